The van der Waals surface area contributed by atoms with Crippen molar-refractivity contribution in [2.75, 3.05) is 0 Å². The van der Waals surface area contributed by atoms with Crippen LogP contribution in [0.25, 0.3) is 11.1 Å². The van der Waals surface area contributed by atoms with Crippen LogP contribution in [0.3, 0.4) is 0 Å². The zero-order valence-corrected chi connectivity index (χ0v) is 11.5. The highest BCUT2D eigenvalue weighted by Crippen LogP contribution is 2.29. The molecule has 0 aliphatic heterocycles. The summed E-state index contributed by atoms with van der Waals surface area (Å²) in [4.78, 5) is 23.7. The lowest BCUT2D eigenvalue weighted by molar-refractivity contribution is -0.123. The van der Waals surface area contributed by atoms with Crippen molar-refractivity contribution in [2.24, 2.45) is 5.92 Å². The number of fused-ring (bicyclic) bond motifs is 1. The number of oxazole rings is 1. The summed E-state index contributed by atoms with van der Waals surface area (Å²) >= 11 is 0. The SMILES string of the molecule is CC[C@H](Cn1c(=O)oc2ccccc21)NC(=O)C1CC1. The van der Waals surface area contributed by atoms with E-state index in [2.05, 4.69) is 5.32 Å². The Bertz CT molecular complexity index is 682. The highest BCUT2D eigenvalue weighted by molar-refractivity contribution is 5.81. The van der Waals surface area contributed by atoms with Crippen LogP contribution in [0, 0.1) is 5.92 Å². The molecule has 0 bridgehead atoms. The maximum absolute atomic E-state index is 11.9. The molecule has 1 saturated carbocycles. The summed E-state index contributed by atoms with van der Waals surface area (Å²) < 4.78 is 6.80. The Labute approximate surface area is 116 Å². The van der Waals surface area contributed by atoms with Crippen LogP contribution in [0.2, 0.25) is 0 Å². The quantitative estimate of drug-likeness (QED) is 0.905. The maximum atomic E-state index is 11.9. The number of nitrogens with one attached hydrogen (secondary N) is 1. The van der Waals surface area contributed by atoms with E-state index in [9.17, 15) is 9.59 Å². The fourth-order valence-corrected chi connectivity index (χ4v) is 2.35. The lowest BCUT2D eigenvalue weighted by Gasteiger charge is -2.17. The number of hydrogen-bond donors (Lipinski definition) is 1. The van der Waals surface area contributed by atoms with Gasteiger partial charge in [-0.1, -0.05) is 19.1 Å². The predicted octanol–water partition coefficient (Wildman–Crippen LogP) is 1.90. The largest absolute Gasteiger partial charge is 0.420 e. The average Bonchev–Trinajstić information content (AvgIpc) is 3.24. The molecule has 1 aliphatic carbocycles. The Morgan fingerprint density at radius 1 is 1.45 bits per heavy atom. The highest BCUT2D eigenvalue weighted by Gasteiger charge is 2.30. The van der Waals surface area contributed by atoms with Crippen molar-refractivity contribution in [3.05, 3.63) is 34.8 Å². The minimum absolute atomic E-state index is 0.0400. The molecular weight excluding hydrogens is 256 g/mol. The summed E-state index contributed by atoms with van der Waals surface area (Å²) in [5.41, 5.74) is 1.36. The van der Waals surface area contributed by atoms with Crippen LogP contribution in [0.4, 0.5) is 0 Å². The van der Waals surface area contributed by atoms with Gasteiger partial charge in [0.05, 0.1) is 5.52 Å². The molecule has 0 unspecified atom stereocenters. The molecule has 0 saturated heterocycles. The van der Waals surface area contributed by atoms with E-state index < -0.39 is 0 Å². The summed E-state index contributed by atoms with van der Waals surface area (Å²) in [5.74, 6) is -0.0788. The molecule has 1 amide bonds. The first-order valence-corrected chi connectivity index (χ1v) is 7.07. The van der Waals surface area contributed by atoms with E-state index in [0.29, 0.717) is 12.1 Å². The van der Waals surface area contributed by atoms with Gasteiger partial charge < -0.3 is 9.73 Å². The van der Waals surface area contributed by atoms with E-state index in [1.807, 2.05) is 25.1 Å². The van der Waals surface area contributed by atoms with E-state index in [1.54, 1.807) is 10.6 Å². The first-order valence-electron chi connectivity index (χ1n) is 7.07. The number of aromatic nitrogens is 1. The third-order valence-electron chi connectivity index (χ3n) is 3.76. The topological polar surface area (TPSA) is 64.2 Å². The molecule has 1 heterocycles. The van der Waals surface area contributed by atoms with Gasteiger partial charge in [0.25, 0.3) is 0 Å². The minimum Gasteiger partial charge on any atom is -0.408 e. The maximum Gasteiger partial charge on any atom is 0.420 e. The summed E-state index contributed by atoms with van der Waals surface area (Å²) in [6, 6.07) is 7.30. The van der Waals surface area contributed by atoms with Crippen molar-refractivity contribution in [3.8, 4) is 0 Å². The highest BCUT2D eigenvalue weighted by atomic mass is 16.4. The van der Waals surface area contributed by atoms with Gasteiger partial charge in [0.15, 0.2) is 5.58 Å². The van der Waals surface area contributed by atoms with Crippen molar-refractivity contribution in [3.63, 3.8) is 0 Å². The third kappa shape index (κ3) is 2.48. The zero-order chi connectivity index (χ0) is 14.1. The molecule has 5 nitrogen and oxygen atoms in total. The first-order chi connectivity index (χ1) is 9.69. The monoisotopic (exact) mass is 274 g/mol. The average molecular weight is 274 g/mol. The van der Waals surface area contributed by atoms with E-state index in [-0.39, 0.29) is 23.6 Å². The minimum atomic E-state index is -0.370. The Morgan fingerprint density at radius 3 is 2.90 bits per heavy atom. The number of carbonyl (C=O) groups excluding carboxylic acids is 1. The molecule has 1 aliphatic rings. The van der Waals surface area contributed by atoms with Crippen molar-refractivity contribution in [1.82, 2.24) is 9.88 Å². The Kier molecular flexibility index (Phi) is 3.34. The van der Waals surface area contributed by atoms with Gasteiger partial charge in [-0.25, -0.2) is 4.79 Å². The fourth-order valence-electron chi connectivity index (χ4n) is 2.35. The molecule has 0 radical (unpaired) electrons. The van der Waals surface area contributed by atoms with Gasteiger partial charge in [-0.3, -0.25) is 9.36 Å². The van der Waals surface area contributed by atoms with Crippen molar-refractivity contribution >= 4 is 17.0 Å². The van der Waals surface area contributed by atoms with E-state index >= 15 is 0 Å². The summed E-state index contributed by atoms with van der Waals surface area (Å²) in [6.07, 6.45) is 2.75. The second-order valence-corrected chi connectivity index (χ2v) is 5.33. The van der Waals surface area contributed by atoms with Crippen LogP contribution in [0.15, 0.2) is 33.5 Å². The molecule has 1 aromatic heterocycles. The smallest absolute Gasteiger partial charge is 0.408 e. The number of nitrogens with zero attached hydrogens (tertiary/aromatic N) is 1. The van der Waals surface area contributed by atoms with Gasteiger partial charge in [-0.2, -0.15) is 0 Å². The number of benzene rings is 1. The van der Waals surface area contributed by atoms with Crippen molar-refractivity contribution < 1.29 is 9.21 Å². The number of rotatable bonds is 5. The van der Waals surface area contributed by atoms with Crippen LogP contribution >= 0.6 is 0 Å². The van der Waals surface area contributed by atoms with E-state index in [0.717, 1.165) is 24.8 Å². The zero-order valence-electron chi connectivity index (χ0n) is 11.5. The summed E-state index contributed by atoms with van der Waals surface area (Å²) in [6.45, 7) is 2.45. The molecule has 1 aromatic carbocycles. The standard InChI is InChI=1S/C15H18N2O3/c1-2-11(16-14(18)10-7-8-10)9-17-12-5-3-4-6-13(12)20-15(17)19/h3-6,10-11H,2,7-9H2,1H3,(H,16,18)/t11-/m1/s1. The van der Waals surface area contributed by atoms with Crippen LogP contribution in [0.5, 0.6) is 0 Å². The van der Waals surface area contributed by atoms with E-state index in [4.69, 9.17) is 4.42 Å². The van der Waals surface area contributed by atoms with Gasteiger partial charge in [0.2, 0.25) is 5.91 Å². The molecule has 1 fully saturated rings. The second-order valence-electron chi connectivity index (χ2n) is 5.33. The van der Waals surface area contributed by atoms with E-state index in [1.165, 1.54) is 0 Å². The fraction of sp³-hybridized carbons (Fsp3) is 0.467. The number of para-hydroxylation sites is 2. The lowest BCUT2D eigenvalue weighted by atomic mass is 10.2. The number of carbonyl (C=O) groups is 1. The molecule has 3 rings (SSSR count). The Morgan fingerprint density at radius 2 is 2.20 bits per heavy atom. The molecule has 2 aromatic rings. The molecular formula is C15H18N2O3. The van der Waals surface area contributed by atoms with Crippen molar-refractivity contribution in [1.29, 1.82) is 0 Å². The molecule has 1 atom stereocenters. The number of hydrogen-bond acceptors (Lipinski definition) is 3. The van der Waals surface area contributed by atoms with Crippen molar-refractivity contribution in [2.45, 2.75) is 38.8 Å². The molecule has 1 N–H and O–H groups in total. The van der Waals surface area contributed by atoms with Gasteiger partial charge >= 0.3 is 5.76 Å². The molecule has 20 heavy (non-hydrogen) atoms. The van der Waals surface area contributed by atoms with Gasteiger partial charge in [-0.05, 0) is 31.4 Å². The van der Waals surface area contributed by atoms with Crippen LogP contribution in [-0.2, 0) is 11.3 Å². The molecule has 106 valence electrons. The number of amides is 1. The molecule has 0 spiro atoms. The van der Waals surface area contributed by atoms with Gasteiger partial charge in [-0.15, -0.1) is 0 Å². The van der Waals surface area contributed by atoms with Gasteiger partial charge in [0, 0.05) is 18.5 Å². The summed E-state index contributed by atoms with van der Waals surface area (Å²) in [5, 5.41) is 3.02. The normalized spacial score (nSPS) is 16.2. The lowest BCUT2D eigenvalue weighted by Crippen LogP contribution is -2.39. The Hall–Kier alpha value is -2.04. The first kappa shape index (κ1) is 13.0. The van der Waals surface area contributed by atoms with Crippen LogP contribution < -0.4 is 11.1 Å². The van der Waals surface area contributed by atoms with Crippen LogP contribution in [0.1, 0.15) is 26.2 Å². The van der Waals surface area contributed by atoms with Crippen LogP contribution in [-0.4, -0.2) is 16.5 Å². The van der Waals surface area contributed by atoms with Gasteiger partial charge in [0.1, 0.15) is 0 Å². The third-order valence-corrected chi connectivity index (χ3v) is 3.76. The second kappa shape index (κ2) is 5.15. The Balaban J connectivity index is 1.81. The molecule has 5 heteroatoms. The summed E-state index contributed by atoms with van der Waals surface area (Å²) in [7, 11) is 0. The predicted molar refractivity (Wildman–Crippen MR) is 75.4 cm³/mol.